The Morgan fingerprint density at radius 2 is 1.26 bits per heavy atom. The highest BCUT2D eigenvalue weighted by Crippen LogP contribution is 2.28. The molecule has 0 aromatic rings. The minimum absolute atomic E-state index is 0.667. The van der Waals surface area contributed by atoms with E-state index >= 15 is 0 Å². The summed E-state index contributed by atoms with van der Waals surface area (Å²) in [4.78, 5) is 0. The molecule has 10 unspecified atom stereocenters. The second-order valence-corrected chi connectivity index (χ2v) is 5.53. The Balaban J connectivity index is 2.11. The normalized spacial score (nSPS) is 51.7. The van der Waals surface area contributed by atoms with Crippen molar-refractivity contribution in [3.8, 4) is 0 Å². The van der Waals surface area contributed by atoms with Crippen molar-refractivity contribution in [1.29, 1.82) is 0 Å². The molecule has 2 aliphatic heterocycles. The molecule has 8 N–H and O–H groups in total. The molecule has 0 aromatic heterocycles. The van der Waals surface area contributed by atoms with Crippen LogP contribution in [0.1, 0.15) is 0 Å². The summed E-state index contributed by atoms with van der Waals surface area (Å²) in [6, 6.07) is 0. The number of ether oxygens (including phenoxy) is 3. The maximum Gasteiger partial charge on any atom is 0.187 e. The van der Waals surface area contributed by atoms with Crippen molar-refractivity contribution in [3.05, 3.63) is 0 Å². The molecule has 23 heavy (non-hydrogen) atoms. The van der Waals surface area contributed by atoms with E-state index in [9.17, 15) is 35.7 Å². The number of hydrogen-bond donors (Lipinski definition) is 8. The first-order valence-electron chi connectivity index (χ1n) is 7.08. The lowest BCUT2D eigenvalue weighted by Crippen LogP contribution is -2.64. The third kappa shape index (κ3) is 3.65. The maximum absolute atomic E-state index is 9.94. The predicted octanol–water partition coefficient (Wildman–Crippen LogP) is -5.40. The lowest BCUT2D eigenvalue weighted by molar-refractivity contribution is -0.355. The van der Waals surface area contributed by atoms with Crippen LogP contribution in [-0.2, 0) is 14.2 Å². The van der Waals surface area contributed by atoms with Crippen molar-refractivity contribution in [1.82, 2.24) is 0 Å². The molecule has 10 atom stereocenters. The van der Waals surface area contributed by atoms with E-state index in [1.54, 1.807) is 0 Å². The molecular weight excluding hydrogens is 320 g/mol. The van der Waals surface area contributed by atoms with Gasteiger partial charge in [-0.3, -0.25) is 0 Å². The quantitative estimate of drug-likeness (QED) is 0.243. The van der Waals surface area contributed by atoms with Crippen LogP contribution in [0.4, 0.5) is 0 Å². The number of hydrogen-bond acceptors (Lipinski definition) is 11. The summed E-state index contributed by atoms with van der Waals surface area (Å²) in [6.07, 6.45) is -15.6. The molecule has 0 aliphatic carbocycles. The fraction of sp³-hybridized carbons (Fsp3) is 1.00. The first-order chi connectivity index (χ1) is 10.8. The topological polar surface area (TPSA) is 190 Å². The lowest BCUT2D eigenvalue weighted by atomic mass is 9.97. The SMILES string of the molecule is OCC1OC(OC2C(CO)OC(O)C(O)C2O)C(O)C(O)C1O. The van der Waals surface area contributed by atoms with E-state index in [-0.39, 0.29) is 0 Å². The largest absolute Gasteiger partial charge is 0.394 e. The van der Waals surface area contributed by atoms with E-state index in [0.29, 0.717) is 0 Å². The summed E-state index contributed by atoms with van der Waals surface area (Å²) < 4.78 is 15.3. The van der Waals surface area contributed by atoms with Crippen LogP contribution in [0, 0.1) is 0 Å². The van der Waals surface area contributed by atoms with Crippen LogP contribution >= 0.6 is 0 Å². The fourth-order valence-electron chi connectivity index (χ4n) is 2.57. The smallest absolute Gasteiger partial charge is 0.187 e. The van der Waals surface area contributed by atoms with Crippen molar-refractivity contribution in [2.75, 3.05) is 13.2 Å². The van der Waals surface area contributed by atoms with Gasteiger partial charge in [0.1, 0.15) is 48.8 Å². The Labute approximate surface area is 130 Å². The Kier molecular flexibility index (Phi) is 6.27. The van der Waals surface area contributed by atoms with Crippen molar-refractivity contribution in [2.24, 2.45) is 0 Å². The van der Waals surface area contributed by atoms with Crippen LogP contribution < -0.4 is 0 Å². The van der Waals surface area contributed by atoms with E-state index in [4.69, 9.17) is 19.3 Å². The lowest BCUT2D eigenvalue weighted by Gasteiger charge is -2.45. The van der Waals surface area contributed by atoms with E-state index in [0.717, 1.165) is 0 Å². The molecular formula is C12H22O11. The predicted molar refractivity (Wildman–Crippen MR) is 68.6 cm³/mol. The molecule has 136 valence electrons. The molecule has 2 saturated heterocycles. The Morgan fingerprint density at radius 3 is 1.83 bits per heavy atom. The Morgan fingerprint density at radius 1 is 0.652 bits per heavy atom. The van der Waals surface area contributed by atoms with Gasteiger partial charge in [-0.15, -0.1) is 0 Å². The highest BCUT2D eigenvalue weighted by molar-refractivity contribution is 4.93. The van der Waals surface area contributed by atoms with E-state index in [1.807, 2.05) is 0 Å². The number of rotatable bonds is 4. The van der Waals surface area contributed by atoms with E-state index in [1.165, 1.54) is 0 Å². The molecule has 0 saturated carbocycles. The van der Waals surface area contributed by atoms with Gasteiger partial charge in [-0.25, -0.2) is 0 Å². The minimum Gasteiger partial charge on any atom is -0.394 e. The zero-order valence-electron chi connectivity index (χ0n) is 12.0. The molecule has 0 bridgehead atoms. The van der Waals surface area contributed by atoms with Gasteiger partial charge >= 0.3 is 0 Å². The molecule has 0 radical (unpaired) electrons. The van der Waals surface area contributed by atoms with Crippen LogP contribution in [0.15, 0.2) is 0 Å². The van der Waals surface area contributed by atoms with Crippen molar-refractivity contribution in [2.45, 2.75) is 61.4 Å². The van der Waals surface area contributed by atoms with Crippen LogP contribution in [-0.4, -0.2) is 115 Å². The number of aliphatic hydroxyl groups excluding tert-OH is 8. The second kappa shape index (κ2) is 7.63. The molecule has 2 heterocycles. The van der Waals surface area contributed by atoms with Gasteiger partial charge < -0.3 is 55.1 Å². The third-order valence-corrected chi connectivity index (χ3v) is 3.98. The summed E-state index contributed by atoms with van der Waals surface area (Å²) in [5.74, 6) is 0. The average molecular weight is 342 g/mol. The molecule has 0 amide bonds. The second-order valence-electron chi connectivity index (χ2n) is 5.53. The van der Waals surface area contributed by atoms with Gasteiger partial charge in [-0.05, 0) is 0 Å². The molecule has 2 rings (SSSR count). The first-order valence-corrected chi connectivity index (χ1v) is 7.08. The average Bonchev–Trinajstić information content (AvgIpc) is 2.55. The monoisotopic (exact) mass is 342 g/mol. The zero-order chi connectivity index (χ0) is 17.3. The highest BCUT2D eigenvalue weighted by Gasteiger charge is 2.50. The summed E-state index contributed by atoms with van der Waals surface area (Å²) in [5.41, 5.74) is 0. The van der Waals surface area contributed by atoms with Crippen LogP contribution in [0.2, 0.25) is 0 Å². The van der Waals surface area contributed by atoms with Gasteiger partial charge in [-0.1, -0.05) is 0 Å². The van der Waals surface area contributed by atoms with Gasteiger partial charge in [0.05, 0.1) is 13.2 Å². The molecule has 11 nitrogen and oxygen atoms in total. The summed E-state index contributed by atoms with van der Waals surface area (Å²) in [5, 5.41) is 76.5. The van der Waals surface area contributed by atoms with Crippen LogP contribution in [0.5, 0.6) is 0 Å². The molecule has 2 fully saturated rings. The van der Waals surface area contributed by atoms with Gasteiger partial charge in [-0.2, -0.15) is 0 Å². The summed E-state index contributed by atoms with van der Waals surface area (Å²) >= 11 is 0. The van der Waals surface area contributed by atoms with Crippen molar-refractivity contribution < 1.29 is 55.1 Å². The van der Waals surface area contributed by atoms with Gasteiger partial charge in [0.2, 0.25) is 0 Å². The van der Waals surface area contributed by atoms with E-state index < -0.39 is 74.6 Å². The number of aliphatic hydroxyl groups is 8. The Bertz CT molecular complexity index is 378. The first kappa shape index (κ1) is 18.9. The van der Waals surface area contributed by atoms with Crippen molar-refractivity contribution >= 4 is 0 Å². The van der Waals surface area contributed by atoms with E-state index in [2.05, 4.69) is 0 Å². The highest BCUT2D eigenvalue weighted by atomic mass is 16.7. The molecule has 11 heteroatoms. The fourth-order valence-corrected chi connectivity index (χ4v) is 2.57. The van der Waals surface area contributed by atoms with Crippen molar-refractivity contribution in [3.63, 3.8) is 0 Å². The Hall–Kier alpha value is -0.440. The van der Waals surface area contributed by atoms with Gasteiger partial charge in [0, 0.05) is 0 Å². The summed E-state index contributed by atoms with van der Waals surface area (Å²) in [7, 11) is 0. The maximum atomic E-state index is 9.94. The van der Waals surface area contributed by atoms with Crippen LogP contribution in [0.3, 0.4) is 0 Å². The summed E-state index contributed by atoms with van der Waals surface area (Å²) in [6.45, 7) is -1.35. The molecule has 0 spiro atoms. The molecule has 0 aromatic carbocycles. The van der Waals surface area contributed by atoms with Gasteiger partial charge in [0.25, 0.3) is 0 Å². The van der Waals surface area contributed by atoms with Crippen LogP contribution in [0.25, 0.3) is 0 Å². The standard InChI is InChI=1S/C12H22O11/c13-1-3-5(15)6(16)9(19)12(22-3)23-10-4(2-14)21-11(20)8(18)7(10)17/h3-20H,1-2H2. The minimum atomic E-state index is -1.74. The zero-order valence-corrected chi connectivity index (χ0v) is 12.0. The molecule has 2 aliphatic rings. The van der Waals surface area contributed by atoms with Gasteiger partial charge in [0.15, 0.2) is 12.6 Å². The third-order valence-electron chi connectivity index (χ3n) is 3.98.